The molecule has 3 nitrogen and oxygen atoms in total. The van der Waals surface area contributed by atoms with E-state index in [9.17, 15) is 13.2 Å². The number of benzene rings is 2. The number of methoxy groups -OCH3 is 1. The number of nitriles is 1. The van der Waals surface area contributed by atoms with Crippen molar-refractivity contribution in [2.24, 2.45) is 0 Å². The minimum Gasteiger partial charge on any atom is -0.496 e. The Morgan fingerprint density at radius 1 is 1.05 bits per heavy atom. The number of halogens is 3. The summed E-state index contributed by atoms with van der Waals surface area (Å²) in [6, 6.07) is 12.8. The predicted molar refractivity (Wildman–Crippen MR) is 74.4 cm³/mol. The van der Waals surface area contributed by atoms with Crippen LogP contribution in [-0.2, 0) is 6.42 Å². The molecule has 0 atom stereocenters. The number of hydrogen-bond acceptors (Lipinski definition) is 3. The second-order valence-electron chi connectivity index (χ2n) is 4.41. The summed E-state index contributed by atoms with van der Waals surface area (Å²) < 4.78 is 46.8. The SMILES string of the molecule is COc1cc(CC#N)ccc1-c1ccccc1OC(F)(F)F. The van der Waals surface area contributed by atoms with Gasteiger partial charge in [0.2, 0.25) is 0 Å². The summed E-state index contributed by atoms with van der Waals surface area (Å²) in [6.45, 7) is 0. The van der Waals surface area contributed by atoms with Crippen LogP contribution in [0.1, 0.15) is 5.56 Å². The summed E-state index contributed by atoms with van der Waals surface area (Å²) in [6.07, 6.45) is -4.58. The number of alkyl halides is 3. The number of ether oxygens (including phenoxy) is 2. The van der Waals surface area contributed by atoms with Crippen molar-refractivity contribution in [1.82, 2.24) is 0 Å². The molecule has 0 amide bonds. The minimum atomic E-state index is -4.77. The molecule has 114 valence electrons. The zero-order valence-corrected chi connectivity index (χ0v) is 11.6. The number of para-hydroxylation sites is 1. The third kappa shape index (κ3) is 3.70. The van der Waals surface area contributed by atoms with Gasteiger partial charge in [0.15, 0.2) is 0 Å². The van der Waals surface area contributed by atoms with Crippen molar-refractivity contribution in [3.63, 3.8) is 0 Å². The van der Waals surface area contributed by atoms with E-state index in [2.05, 4.69) is 4.74 Å². The zero-order valence-electron chi connectivity index (χ0n) is 11.6. The Hall–Kier alpha value is -2.68. The van der Waals surface area contributed by atoms with E-state index in [1.807, 2.05) is 6.07 Å². The van der Waals surface area contributed by atoms with Crippen LogP contribution >= 0.6 is 0 Å². The first-order valence-electron chi connectivity index (χ1n) is 6.33. The molecule has 0 radical (unpaired) electrons. The smallest absolute Gasteiger partial charge is 0.496 e. The van der Waals surface area contributed by atoms with E-state index in [1.54, 1.807) is 24.3 Å². The van der Waals surface area contributed by atoms with Crippen LogP contribution in [-0.4, -0.2) is 13.5 Å². The third-order valence-corrected chi connectivity index (χ3v) is 2.95. The van der Waals surface area contributed by atoms with Crippen LogP contribution < -0.4 is 9.47 Å². The summed E-state index contributed by atoms with van der Waals surface area (Å²) in [5.74, 6) is 0.0762. The van der Waals surface area contributed by atoms with Crippen LogP contribution in [0.15, 0.2) is 42.5 Å². The van der Waals surface area contributed by atoms with Crippen molar-refractivity contribution in [3.8, 4) is 28.7 Å². The Labute approximate surface area is 125 Å². The molecular formula is C16H12F3NO2. The molecule has 0 aliphatic heterocycles. The van der Waals surface area contributed by atoms with Crippen molar-refractivity contribution < 1.29 is 22.6 Å². The van der Waals surface area contributed by atoms with Gasteiger partial charge in [-0.2, -0.15) is 5.26 Å². The van der Waals surface area contributed by atoms with Crippen molar-refractivity contribution in [2.75, 3.05) is 7.11 Å². The Bertz CT molecular complexity index is 705. The summed E-state index contributed by atoms with van der Waals surface area (Å²) in [5.41, 5.74) is 1.45. The summed E-state index contributed by atoms with van der Waals surface area (Å²) in [4.78, 5) is 0. The van der Waals surface area contributed by atoms with Gasteiger partial charge in [0.05, 0.1) is 19.6 Å². The molecule has 0 unspecified atom stereocenters. The molecule has 0 aromatic heterocycles. The maximum absolute atomic E-state index is 12.5. The number of nitrogens with zero attached hydrogens (tertiary/aromatic N) is 1. The molecule has 0 N–H and O–H groups in total. The minimum absolute atomic E-state index is 0.192. The molecule has 6 heteroatoms. The number of hydrogen-bond donors (Lipinski definition) is 0. The predicted octanol–water partition coefficient (Wildman–Crippen LogP) is 4.33. The van der Waals surface area contributed by atoms with E-state index >= 15 is 0 Å². The number of rotatable bonds is 4. The Morgan fingerprint density at radius 2 is 1.73 bits per heavy atom. The van der Waals surface area contributed by atoms with Gasteiger partial charge in [-0.3, -0.25) is 0 Å². The van der Waals surface area contributed by atoms with Crippen molar-refractivity contribution in [3.05, 3.63) is 48.0 Å². The normalized spacial score (nSPS) is 10.9. The van der Waals surface area contributed by atoms with Crippen LogP contribution in [0.2, 0.25) is 0 Å². The highest BCUT2D eigenvalue weighted by atomic mass is 19.4. The molecule has 0 aliphatic rings. The third-order valence-electron chi connectivity index (χ3n) is 2.95. The summed E-state index contributed by atoms with van der Waals surface area (Å²) in [7, 11) is 1.42. The molecule has 0 saturated carbocycles. The maximum atomic E-state index is 12.5. The molecule has 2 aromatic carbocycles. The molecule has 0 saturated heterocycles. The van der Waals surface area contributed by atoms with Gasteiger partial charge in [-0.25, -0.2) is 0 Å². The quantitative estimate of drug-likeness (QED) is 0.844. The van der Waals surface area contributed by atoms with Gasteiger partial charge in [-0.1, -0.05) is 30.3 Å². The average molecular weight is 307 g/mol. The molecular weight excluding hydrogens is 295 g/mol. The summed E-state index contributed by atoms with van der Waals surface area (Å²) in [5, 5.41) is 8.71. The van der Waals surface area contributed by atoms with E-state index < -0.39 is 6.36 Å². The molecule has 22 heavy (non-hydrogen) atoms. The molecule has 0 spiro atoms. The van der Waals surface area contributed by atoms with Crippen LogP contribution in [0.4, 0.5) is 13.2 Å². The highest BCUT2D eigenvalue weighted by Gasteiger charge is 2.32. The van der Waals surface area contributed by atoms with E-state index in [4.69, 9.17) is 10.00 Å². The molecule has 0 aliphatic carbocycles. The van der Waals surface area contributed by atoms with Gasteiger partial charge in [-0.15, -0.1) is 13.2 Å². The fourth-order valence-electron chi connectivity index (χ4n) is 2.06. The van der Waals surface area contributed by atoms with Crippen molar-refractivity contribution >= 4 is 0 Å². The lowest BCUT2D eigenvalue weighted by atomic mass is 10.0. The molecule has 0 fully saturated rings. The van der Waals surface area contributed by atoms with E-state index in [1.165, 1.54) is 25.3 Å². The van der Waals surface area contributed by atoms with Crippen molar-refractivity contribution in [1.29, 1.82) is 5.26 Å². The Kier molecular flexibility index (Phi) is 4.56. The molecule has 2 aromatic rings. The average Bonchev–Trinajstić information content (AvgIpc) is 2.47. The van der Waals surface area contributed by atoms with Crippen LogP contribution in [0.3, 0.4) is 0 Å². The lowest BCUT2D eigenvalue weighted by molar-refractivity contribution is -0.274. The van der Waals surface area contributed by atoms with Crippen LogP contribution in [0.25, 0.3) is 11.1 Å². The van der Waals surface area contributed by atoms with Gasteiger partial charge >= 0.3 is 6.36 Å². The van der Waals surface area contributed by atoms with Gasteiger partial charge in [0.1, 0.15) is 11.5 Å². The first kappa shape index (κ1) is 15.7. The Morgan fingerprint density at radius 3 is 2.36 bits per heavy atom. The van der Waals surface area contributed by atoms with Gasteiger partial charge in [-0.05, 0) is 17.7 Å². The second kappa shape index (κ2) is 6.39. The lowest BCUT2D eigenvalue weighted by Gasteiger charge is -2.15. The van der Waals surface area contributed by atoms with Gasteiger partial charge < -0.3 is 9.47 Å². The fraction of sp³-hybridized carbons (Fsp3) is 0.188. The van der Waals surface area contributed by atoms with Gasteiger partial charge in [0, 0.05) is 11.1 Å². The largest absolute Gasteiger partial charge is 0.573 e. The van der Waals surface area contributed by atoms with E-state index in [-0.39, 0.29) is 17.7 Å². The van der Waals surface area contributed by atoms with Crippen LogP contribution in [0.5, 0.6) is 11.5 Å². The first-order chi connectivity index (χ1) is 10.4. The topological polar surface area (TPSA) is 42.2 Å². The second-order valence-corrected chi connectivity index (χ2v) is 4.41. The first-order valence-corrected chi connectivity index (χ1v) is 6.33. The van der Waals surface area contributed by atoms with E-state index in [0.717, 1.165) is 5.56 Å². The van der Waals surface area contributed by atoms with Crippen molar-refractivity contribution in [2.45, 2.75) is 12.8 Å². The Balaban J connectivity index is 2.50. The monoisotopic (exact) mass is 307 g/mol. The highest BCUT2D eigenvalue weighted by molar-refractivity contribution is 5.76. The van der Waals surface area contributed by atoms with Gasteiger partial charge in [0.25, 0.3) is 0 Å². The highest BCUT2D eigenvalue weighted by Crippen LogP contribution is 2.38. The standard InChI is InChI=1S/C16H12F3NO2/c1-21-15-10-11(8-9-20)6-7-13(15)12-4-2-3-5-14(12)22-16(17,18)19/h2-7,10H,8H2,1H3. The maximum Gasteiger partial charge on any atom is 0.573 e. The molecule has 2 rings (SSSR count). The molecule has 0 heterocycles. The fourth-order valence-corrected chi connectivity index (χ4v) is 2.06. The van der Waals surface area contributed by atoms with E-state index in [0.29, 0.717) is 11.3 Å². The zero-order chi connectivity index (χ0) is 16.2. The lowest BCUT2D eigenvalue weighted by Crippen LogP contribution is -2.17. The molecule has 0 bridgehead atoms. The van der Waals surface area contributed by atoms with Crippen LogP contribution in [0, 0.1) is 11.3 Å². The summed E-state index contributed by atoms with van der Waals surface area (Å²) >= 11 is 0.